The first-order valence-corrected chi connectivity index (χ1v) is 20.2. The summed E-state index contributed by atoms with van der Waals surface area (Å²) in [6.45, 7) is 7.77. The van der Waals surface area contributed by atoms with E-state index < -0.39 is 41.9 Å². The summed E-state index contributed by atoms with van der Waals surface area (Å²) >= 11 is 1.28. The summed E-state index contributed by atoms with van der Waals surface area (Å²) in [6.07, 6.45) is 3.21. The molecule has 2 aromatic rings. The molecule has 1 spiro atoms. The molecule has 0 bridgehead atoms. The maximum Gasteiger partial charge on any atom is 0.414 e. The average molecular weight is 762 g/mol. The van der Waals surface area contributed by atoms with E-state index in [1.165, 1.54) is 22.2 Å². The molecule has 1 unspecified atom stereocenters. The molecule has 2 N–H and O–H groups in total. The topological polar surface area (TPSA) is 148 Å². The van der Waals surface area contributed by atoms with Crippen LogP contribution in [0.2, 0.25) is 0 Å². The number of methoxy groups -OCH3 is 1. The molecular formula is C41H51N3O9S. The summed E-state index contributed by atoms with van der Waals surface area (Å²) in [5.74, 6) is -0.465. The number of thioether (sulfide) groups is 1. The minimum atomic E-state index is -0.815. The van der Waals surface area contributed by atoms with E-state index in [4.69, 9.17) is 23.7 Å². The maximum atomic E-state index is 13.2. The van der Waals surface area contributed by atoms with Crippen LogP contribution in [0.4, 0.5) is 9.59 Å². The smallest absolute Gasteiger partial charge is 0.414 e. The Labute approximate surface area is 321 Å². The number of carbonyl (C=O) groups is 4. The molecule has 4 fully saturated rings. The van der Waals surface area contributed by atoms with Gasteiger partial charge in [0, 0.05) is 31.9 Å². The number of nitrogens with zero attached hydrogens (tertiary/aromatic N) is 1. The number of allylic oxidation sites excluding steroid dienone is 1. The maximum absolute atomic E-state index is 13.2. The van der Waals surface area contributed by atoms with Crippen LogP contribution in [0.25, 0.3) is 11.1 Å². The summed E-state index contributed by atoms with van der Waals surface area (Å²) in [6, 6.07) is 15.7. The first-order chi connectivity index (χ1) is 26.0. The molecule has 290 valence electrons. The van der Waals surface area contributed by atoms with E-state index >= 15 is 0 Å². The third kappa shape index (κ3) is 7.91. The number of imide groups is 1. The predicted octanol–water partition coefficient (Wildman–Crippen LogP) is 5.58. The summed E-state index contributed by atoms with van der Waals surface area (Å²) < 4.78 is 29.7. The first kappa shape index (κ1) is 38.4. The lowest BCUT2D eigenvalue weighted by atomic mass is 9.68. The highest BCUT2D eigenvalue weighted by Crippen LogP contribution is 2.59. The fourth-order valence-electron chi connectivity index (χ4n) is 8.85. The highest BCUT2D eigenvalue weighted by Gasteiger charge is 2.72. The van der Waals surface area contributed by atoms with Crippen LogP contribution in [0.15, 0.2) is 60.2 Å². The summed E-state index contributed by atoms with van der Waals surface area (Å²) in [5, 5.41) is 5.22. The van der Waals surface area contributed by atoms with Crippen molar-refractivity contribution in [1.29, 1.82) is 0 Å². The van der Waals surface area contributed by atoms with E-state index in [1.807, 2.05) is 24.3 Å². The summed E-state index contributed by atoms with van der Waals surface area (Å²) in [7, 11) is 1.61. The highest BCUT2D eigenvalue weighted by atomic mass is 32.2. The molecule has 5 aliphatic rings. The Bertz CT molecular complexity index is 1730. The molecule has 2 aliphatic carbocycles. The van der Waals surface area contributed by atoms with Crippen molar-refractivity contribution >= 4 is 35.8 Å². The van der Waals surface area contributed by atoms with Gasteiger partial charge in [-0.05, 0) is 75.1 Å². The number of benzene rings is 2. The lowest BCUT2D eigenvalue weighted by Gasteiger charge is -2.42. The average Bonchev–Trinajstić information content (AvgIpc) is 3.95. The Hall–Kier alpha value is -3.91. The Morgan fingerprint density at radius 2 is 1.74 bits per heavy atom. The van der Waals surface area contributed by atoms with Gasteiger partial charge in [0.05, 0.1) is 24.4 Å². The van der Waals surface area contributed by atoms with Crippen molar-refractivity contribution in [3.8, 4) is 11.1 Å². The van der Waals surface area contributed by atoms with Crippen molar-refractivity contribution in [3.63, 3.8) is 0 Å². The zero-order chi connectivity index (χ0) is 38.0. The van der Waals surface area contributed by atoms with Crippen LogP contribution in [0, 0.1) is 5.92 Å². The number of epoxide rings is 2. The Balaban J connectivity index is 0.819. The molecule has 3 aliphatic heterocycles. The lowest BCUT2D eigenvalue weighted by Crippen LogP contribution is -2.56. The number of hydrogen-bond acceptors (Lipinski definition) is 10. The van der Waals surface area contributed by atoms with Gasteiger partial charge in [0.2, 0.25) is 11.8 Å². The van der Waals surface area contributed by atoms with E-state index in [-0.39, 0.29) is 41.8 Å². The molecule has 12 nitrogen and oxygen atoms in total. The van der Waals surface area contributed by atoms with Gasteiger partial charge >= 0.3 is 12.2 Å². The van der Waals surface area contributed by atoms with Gasteiger partial charge in [0.15, 0.2) is 0 Å². The Kier molecular flexibility index (Phi) is 11.4. The number of nitrogens with one attached hydrogen (secondary N) is 2. The zero-order valence-electron chi connectivity index (χ0n) is 31.5. The fraction of sp³-hybridized carbons (Fsp3) is 0.561. The quantitative estimate of drug-likeness (QED) is 0.151. The van der Waals surface area contributed by atoms with E-state index in [0.29, 0.717) is 51.1 Å². The van der Waals surface area contributed by atoms with Gasteiger partial charge in [0.1, 0.15) is 36.1 Å². The van der Waals surface area contributed by atoms with E-state index in [2.05, 4.69) is 61.7 Å². The van der Waals surface area contributed by atoms with Crippen LogP contribution in [0.5, 0.6) is 0 Å². The van der Waals surface area contributed by atoms with E-state index in [1.54, 1.807) is 7.11 Å². The molecular weight excluding hydrogens is 711 g/mol. The second-order valence-corrected chi connectivity index (χ2v) is 16.5. The second-order valence-electron chi connectivity index (χ2n) is 15.4. The van der Waals surface area contributed by atoms with Crippen molar-refractivity contribution in [3.05, 3.63) is 71.3 Å². The highest BCUT2D eigenvalue weighted by molar-refractivity contribution is 7.99. The molecule has 7 rings (SSSR count). The van der Waals surface area contributed by atoms with Gasteiger partial charge < -0.3 is 29.0 Å². The van der Waals surface area contributed by atoms with Gasteiger partial charge in [-0.3, -0.25) is 19.8 Å². The van der Waals surface area contributed by atoms with Gasteiger partial charge in [0.25, 0.3) is 0 Å². The van der Waals surface area contributed by atoms with Crippen LogP contribution < -0.4 is 10.6 Å². The Morgan fingerprint density at radius 3 is 2.41 bits per heavy atom. The molecule has 0 radical (unpaired) electrons. The van der Waals surface area contributed by atoms with Gasteiger partial charge in [-0.15, -0.1) is 0 Å². The number of amides is 4. The van der Waals surface area contributed by atoms with Crippen LogP contribution in [0.3, 0.4) is 0 Å². The number of likely N-dealkylation sites (tertiary alicyclic amines) is 1. The molecule has 7 atom stereocenters. The summed E-state index contributed by atoms with van der Waals surface area (Å²) in [4.78, 5) is 53.3. The number of ether oxygens (including phenoxy) is 5. The van der Waals surface area contributed by atoms with Crippen molar-refractivity contribution in [1.82, 2.24) is 15.5 Å². The van der Waals surface area contributed by atoms with Crippen LogP contribution >= 0.6 is 11.8 Å². The molecule has 1 saturated carbocycles. The van der Waals surface area contributed by atoms with Gasteiger partial charge in [-0.1, -0.05) is 60.2 Å². The number of carbonyl (C=O) groups excluding carboxylic acids is 4. The monoisotopic (exact) mass is 761 g/mol. The van der Waals surface area contributed by atoms with E-state index in [0.717, 1.165) is 28.7 Å². The predicted molar refractivity (Wildman–Crippen MR) is 203 cm³/mol. The van der Waals surface area contributed by atoms with Crippen LogP contribution in [-0.2, 0) is 33.3 Å². The van der Waals surface area contributed by atoms with Crippen molar-refractivity contribution < 1.29 is 42.9 Å². The molecule has 3 heterocycles. The first-order valence-electron chi connectivity index (χ1n) is 19.0. The SMILES string of the molecule is CO[C@H]1[C@H](C2(C)O[C@@H]2CC=C(C)C)[C@]2(CC[C@H]1OC(=O)NC(=O)CSCCNC(=O)[C@@H]1CCCN1C(=O)OCC1c3ccccc3-c3ccccc31)CO2. The number of hydrogen-bond donors (Lipinski definition) is 2. The molecule has 0 aromatic heterocycles. The standard InChI is InChI=1S/C41H51N3O9S/c1-25(2)15-16-33-40(3,53-33)36-35(49-4)32(17-18-41(36)24-51-41)52-38(47)43-34(45)23-54-21-19-42-37(46)31-14-9-20-44(31)39(48)50-22-30-28-12-7-5-10-26(28)27-11-6-8-13-29(27)30/h5-8,10-13,15,30-33,35-36H,9,14,16-24H2,1-4H3,(H,42,46)(H,43,45,47)/t31-,32+,33+,35+,36+,40?,41-/m0/s1. The molecule has 13 heteroatoms. The fourth-order valence-corrected chi connectivity index (χ4v) is 9.50. The minimum Gasteiger partial charge on any atom is -0.448 e. The number of alkyl carbamates (subject to hydrolysis) is 1. The van der Waals surface area contributed by atoms with Gasteiger partial charge in [-0.2, -0.15) is 11.8 Å². The van der Waals surface area contributed by atoms with Gasteiger partial charge in [-0.25, -0.2) is 9.59 Å². The molecule has 4 amide bonds. The Morgan fingerprint density at radius 1 is 1.04 bits per heavy atom. The lowest BCUT2D eigenvalue weighted by molar-refractivity contribution is -0.125. The third-order valence-electron chi connectivity index (χ3n) is 11.6. The zero-order valence-corrected chi connectivity index (χ0v) is 32.3. The largest absolute Gasteiger partial charge is 0.448 e. The second kappa shape index (κ2) is 16.1. The molecule has 2 aromatic carbocycles. The van der Waals surface area contributed by atoms with Crippen LogP contribution in [-0.4, -0.2) is 109 Å². The minimum absolute atomic E-state index is 0.0101. The van der Waals surface area contributed by atoms with Crippen LogP contribution in [0.1, 0.15) is 69.9 Å². The molecule has 3 saturated heterocycles. The third-order valence-corrected chi connectivity index (χ3v) is 12.6. The number of fused-ring (bicyclic) bond motifs is 3. The van der Waals surface area contributed by atoms with E-state index in [9.17, 15) is 19.2 Å². The normalized spacial score (nSPS) is 29.2. The summed E-state index contributed by atoms with van der Waals surface area (Å²) in [5.41, 5.74) is 5.00. The molecule has 54 heavy (non-hydrogen) atoms. The van der Waals surface area contributed by atoms with Crippen molar-refractivity contribution in [2.24, 2.45) is 5.92 Å². The number of rotatable bonds is 13. The van der Waals surface area contributed by atoms with Crippen molar-refractivity contribution in [2.75, 3.05) is 44.9 Å². The van der Waals surface area contributed by atoms with Crippen molar-refractivity contribution in [2.45, 2.75) is 94.3 Å².